The van der Waals surface area contributed by atoms with E-state index in [1.54, 1.807) is 0 Å². The molecule has 2 aromatic rings. The number of carboxylic acid groups (broad SMARTS) is 2. The molecular weight excluding hydrogens is 419 g/mol. The van der Waals surface area contributed by atoms with Crippen LogP contribution in [0.4, 0.5) is 24.7 Å². The van der Waals surface area contributed by atoms with Gasteiger partial charge in [0.2, 0.25) is 5.69 Å². The van der Waals surface area contributed by atoms with Crippen molar-refractivity contribution in [1.82, 2.24) is 15.4 Å². The van der Waals surface area contributed by atoms with Crippen molar-refractivity contribution in [1.29, 1.82) is 0 Å². The van der Waals surface area contributed by atoms with Crippen LogP contribution in [-0.4, -0.2) is 62.9 Å². The Morgan fingerprint density at radius 2 is 1.69 bits per heavy atom. The second-order valence-corrected chi connectivity index (χ2v) is 6.45. The first-order valence-corrected chi connectivity index (χ1v) is 8.67. The first-order chi connectivity index (χ1) is 13.6. The van der Waals surface area contributed by atoms with Crippen molar-refractivity contribution in [3.63, 3.8) is 0 Å². The van der Waals surface area contributed by atoms with Crippen LogP contribution in [0.1, 0.15) is 23.3 Å². The van der Waals surface area contributed by atoms with Crippen molar-refractivity contribution in [2.24, 2.45) is 0 Å². The number of hydrogen-bond donors (Lipinski definition) is 4. The summed E-state index contributed by atoms with van der Waals surface area (Å²) in [5.41, 5.74) is 1.08. The van der Waals surface area contributed by atoms with E-state index in [1.165, 1.54) is 0 Å². The molecule has 0 unspecified atom stereocenters. The summed E-state index contributed by atoms with van der Waals surface area (Å²) in [7, 11) is 0. The molecule has 0 radical (unpaired) electrons. The number of anilines is 2. The number of carboxylic acids is 2. The fraction of sp³-hybridized carbons (Fsp3) is 0.375. The maximum absolute atomic E-state index is 11.0. The second kappa shape index (κ2) is 9.45. The molecule has 1 aromatic heterocycles. The molecule has 1 aliphatic rings. The summed E-state index contributed by atoms with van der Waals surface area (Å²) >= 11 is 5.90. The number of H-pyrrole nitrogens is 1. The molecule has 0 amide bonds. The van der Waals surface area contributed by atoms with E-state index < -0.39 is 18.1 Å². The predicted octanol–water partition coefficient (Wildman–Crippen LogP) is 2.87. The predicted molar refractivity (Wildman–Crippen MR) is 97.3 cm³/mol. The lowest BCUT2D eigenvalue weighted by atomic mass is 10.0. The van der Waals surface area contributed by atoms with Gasteiger partial charge in [-0.2, -0.15) is 18.4 Å². The van der Waals surface area contributed by atoms with E-state index in [1.807, 2.05) is 24.3 Å². The fourth-order valence-corrected chi connectivity index (χ4v) is 2.73. The fourth-order valence-electron chi connectivity index (χ4n) is 2.61. The molecule has 0 spiro atoms. The van der Waals surface area contributed by atoms with Crippen LogP contribution >= 0.6 is 11.6 Å². The van der Waals surface area contributed by atoms with Gasteiger partial charge in [0.1, 0.15) is 0 Å². The molecule has 29 heavy (non-hydrogen) atoms. The number of aromatic carboxylic acids is 1. The van der Waals surface area contributed by atoms with Gasteiger partial charge in [-0.25, -0.2) is 9.59 Å². The molecule has 3 rings (SSSR count). The van der Waals surface area contributed by atoms with E-state index >= 15 is 0 Å². The molecule has 0 aliphatic carbocycles. The van der Waals surface area contributed by atoms with Crippen LogP contribution in [-0.2, 0) is 4.79 Å². The molecule has 158 valence electrons. The summed E-state index contributed by atoms with van der Waals surface area (Å²) < 4.78 is 31.7. The smallest absolute Gasteiger partial charge is 0.476 e. The van der Waals surface area contributed by atoms with Gasteiger partial charge in [-0.05, 0) is 37.1 Å². The zero-order valence-corrected chi connectivity index (χ0v) is 15.5. The maximum atomic E-state index is 11.0. The molecule has 0 bridgehead atoms. The number of aromatic nitrogens is 3. The van der Waals surface area contributed by atoms with Gasteiger partial charge in [-0.1, -0.05) is 11.6 Å². The molecule has 9 nitrogen and oxygen atoms in total. The zero-order valence-electron chi connectivity index (χ0n) is 14.8. The average molecular weight is 436 g/mol. The lowest BCUT2D eigenvalue weighted by Crippen LogP contribution is -2.39. The van der Waals surface area contributed by atoms with Crippen LogP contribution in [0, 0.1) is 0 Å². The summed E-state index contributed by atoms with van der Waals surface area (Å²) in [5, 5.41) is 29.9. The Labute approximate surface area is 167 Å². The largest absolute Gasteiger partial charge is 0.490 e. The minimum atomic E-state index is -5.08. The summed E-state index contributed by atoms with van der Waals surface area (Å²) in [6, 6.07) is 7.98. The van der Waals surface area contributed by atoms with Crippen molar-refractivity contribution in [3.05, 3.63) is 35.0 Å². The maximum Gasteiger partial charge on any atom is 0.490 e. The van der Waals surface area contributed by atoms with E-state index in [-0.39, 0.29) is 11.7 Å². The molecule has 0 saturated carbocycles. The van der Waals surface area contributed by atoms with Gasteiger partial charge in [0.25, 0.3) is 0 Å². The Bertz CT molecular complexity index is 836. The summed E-state index contributed by atoms with van der Waals surface area (Å²) in [6.07, 6.45) is -3.29. The molecular formula is C16H17ClF3N5O4. The van der Waals surface area contributed by atoms with E-state index in [0.29, 0.717) is 5.82 Å². The number of hydrogen-bond acceptors (Lipinski definition) is 6. The third-order valence-electron chi connectivity index (χ3n) is 4.02. The zero-order chi connectivity index (χ0) is 21.6. The first-order valence-electron chi connectivity index (χ1n) is 8.29. The number of alkyl halides is 3. The summed E-state index contributed by atoms with van der Waals surface area (Å²) in [6.45, 7) is 1.78. The van der Waals surface area contributed by atoms with E-state index in [0.717, 1.165) is 36.6 Å². The number of nitrogens with zero attached hydrogens (tertiary/aromatic N) is 3. The molecule has 2 heterocycles. The van der Waals surface area contributed by atoms with Crippen molar-refractivity contribution in [2.45, 2.75) is 25.1 Å². The number of aliphatic carboxylic acids is 1. The third-order valence-corrected chi connectivity index (χ3v) is 4.27. The minimum absolute atomic E-state index is 0.0693. The van der Waals surface area contributed by atoms with Crippen molar-refractivity contribution in [2.75, 3.05) is 23.3 Å². The Kier molecular flexibility index (Phi) is 7.26. The van der Waals surface area contributed by atoms with Crippen molar-refractivity contribution >= 4 is 35.0 Å². The highest BCUT2D eigenvalue weighted by Crippen LogP contribution is 2.23. The van der Waals surface area contributed by atoms with Gasteiger partial charge < -0.3 is 20.4 Å². The van der Waals surface area contributed by atoms with Crippen LogP contribution in [0.15, 0.2) is 24.3 Å². The Morgan fingerprint density at radius 3 is 2.17 bits per heavy atom. The molecule has 4 N–H and O–H groups in total. The van der Waals surface area contributed by atoms with Gasteiger partial charge in [-0.15, -0.1) is 10.2 Å². The van der Waals surface area contributed by atoms with Crippen LogP contribution < -0.4 is 10.2 Å². The number of rotatable bonds is 4. The Morgan fingerprint density at radius 1 is 1.14 bits per heavy atom. The van der Waals surface area contributed by atoms with Gasteiger partial charge in [0.15, 0.2) is 5.82 Å². The highest BCUT2D eigenvalue weighted by atomic mass is 35.5. The number of nitrogens with one attached hydrogen (secondary N) is 2. The van der Waals surface area contributed by atoms with Crippen LogP contribution in [0.2, 0.25) is 5.02 Å². The number of aromatic amines is 1. The second-order valence-electron chi connectivity index (χ2n) is 6.01. The summed E-state index contributed by atoms with van der Waals surface area (Å²) in [5.74, 6) is -3.54. The topological polar surface area (TPSA) is 131 Å². The Balaban J connectivity index is 0.000000370. The van der Waals surface area contributed by atoms with Gasteiger partial charge in [-0.3, -0.25) is 0 Å². The minimum Gasteiger partial charge on any atom is -0.476 e. The van der Waals surface area contributed by atoms with E-state index in [4.69, 9.17) is 26.6 Å². The normalized spacial score (nSPS) is 14.7. The molecule has 13 heteroatoms. The van der Waals surface area contributed by atoms with Crippen LogP contribution in [0.3, 0.4) is 0 Å². The van der Waals surface area contributed by atoms with Gasteiger partial charge >= 0.3 is 18.1 Å². The number of benzene rings is 1. The third kappa shape index (κ3) is 6.52. The molecule has 1 fully saturated rings. The lowest BCUT2D eigenvalue weighted by Gasteiger charge is -2.34. The number of carbonyl (C=O) groups is 2. The molecule has 1 aliphatic heterocycles. The average Bonchev–Trinajstić information content (AvgIpc) is 3.11. The van der Waals surface area contributed by atoms with E-state index in [9.17, 15) is 18.0 Å². The van der Waals surface area contributed by atoms with Gasteiger partial charge in [0.05, 0.1) is 0 Å². The highest BCUT2D eigenvalue weighted by Gasteiger charge is 2.38. The quantitative estimate of drug-likeness (QED) is 0.576. The van der Waals surface area contributed by atoms with Crippen molar-refractivity contribution in [3.8, 4) is 0 Å². The molecule has 1 saturated heterocycles. The van der Waals surface area contributed by atoms with Crippen molar-refractivity contribution < 1.29 is 33.0 Å². The molecule has 1 aromatic carbocycles. The molecule has 0 atom stereocenters. The monoisotopic (exact) mass is 435 g/mol. The lowest BCUT2D eigenvalue weighted by molar-refractivity contribution is -0.192. The first kappa shape index (κ1) is 22.3. The number of piperidine rings is 1. The number of halogens is 4. The summed E-state index contributed by atoms with van der Waals surface area (Å²) in [4.78, 5) is 22.2. The highest BCUT2D eigenvalue weighted by molar-refractivity contribution is 6.30. The van der Waals surface area contributed by atoms with Gasteiger partial charge in [0, 0.05) is 29.8 Å². The SMILES string of the molecule is O=C(O)C(F)(F)F.O=C(O)c1n[nH]nc1NC1CCN(c2ccc(Cl)cc2)CC1. The van der Waals surface area contributed by atoms with Crippen LogP contribution in [0.5, 0.6) is 0 Å². The standard InChI is InChI=1S/C14H16ClN5O2.C2HF3O2/c15-9-1-3-11(4-2-9)20-7-5-10(6-8-20)16-13-12(14(21)22)17-19-18-13;3-2(4,5)1(6)7/h1-4,10H,5-8H2,(H,21,22)(H2,16,17,18,19);(H,6,7). The van der Waals surface area contributed by atoms with E-state index in [2.05, 4.69) is 25.6 Å². The Hall–Kier alpha value is -3.02. The van der Waals surface area contributed by atoms with Crippen LogP contribution in [0.25, 0.3) is 0 Å².